The number of rotatable bonds is 12. The largest absolute Gasteiger partial charge is 0.497 e. The van der Waals surface area contributed by atoms with Gasteiger partial charge in [-0.15, -0.1) is 0 Å². The third-order valence-electron chi connectivity index (χ3n) is 9.29. The van der Waals surface area contributed by atoms with Gasteiger partial charge in [0.2, 0.25) is 10.0 Å². The van der Waals surface area contributed by atoms with Crippen LogP contribution in [0.3, 0.4) is 0 Å². The Balaban J connectivity index is 1.19. The lowest BCUT2D eigenvalue weighted by molar-refractivity contribution is -0.360. The summed E-state index contributed by atoms with van der Waals surface area (Å²) in [7, 11) is -2.43. The summed E-state index contributed by atoms with van der Waals surface area (Å²) in [6.07, 6.45) is 0.329. The highest BCUT2D eigenvalue weighted by Crippen LogP contribution is 2.66. The number of nitrogens with zero attached hydrogens (tertiary/aromatic N) is 1. The van der Waals surface area contributed by atoms with Gasteiger partial charge in [0.15, 0.2) is 6.29 Å². The molecule has 2 aliphatic heterocycles. The van der Waals surface area contributed by atoms with Crippen LogP contribution in [0.1, 0.15) is 38.7 Å². The summed E-state index contributed by atoms with van der Waals surface area (Å²) in [5, 5.41) is 14.4. The lowest BCUT2D eigenvalue weighted by atomic mass is 9.53. The zero-order chi connectivity index (χ0) is 29.6. The molecule has 1 amide bonds. The van der Waals surface area contributed by atoms with Gasteiger partial charge in [-0.05, 0) is 61.4 Å². The van der Waals surface area contributed by atoms with Crippen LogP contribution in [-0.4, -0.2) is 80.4 Å². The van der Waals surface area contributed by atoms with Crippen molar-refractivity contribution in [3.63, 3.8) is 0 Å². The maximum Gasteiger partial charge on any atom is 0.407 e. The third kappa shape index (κ3) is 5.30. The quantitative estimate of drug-likeness (QED) is 0.380. The molecule has 2 saturated heterocycles. The van der Waals surface area contributed by atoms with Crippen LogP contribution in [0.25, 0.3) is 0 Å². The van der Waals surface area contributed by atoms with Crippen molar-refractivity contribution in [2.45, 2.75) is 80.7 Å². The number of alkyl carbamates (subject to hydrolysis) is 1. The summed E-state index contributed by atoms with van der Waals surface area (Å²) >= 11 is 0. The number of hydrogen-bond acceptors (Lipinski definition) is 8. The average molecular weight is 601 g/mol. The van der Waals surface area contributed by atoms with Crippen LogP contribution in [0.2, 0.25) is 0 Å². The maximum atomic E-state index is 13.7. The number of benzene rings is 2. The smallest absolute Gasteiger partial charge is 0.407 e. The van der Waals surface area contributed by atoms with E-state index in [1.165, 1.54) is 23.5 Å². The van der Waals surface area contributed by atoms with Crippen LogP contribution in [-0.2, 0) is 30.7 Å². The van der Waals surface area contributed by atoms with Gasteiger partial charge in [-0.2, -0.15) is 4.31 Å². The molecule has 10 nitrogen and oxygen atoms in total. The minimum atomic E-state index is -3.94. The Morgan fingerprint density at radius 3 is 2.50 bits per heavy atom. The second kappa shape index (κ2) is 11.4. The number of carbonyl (C=O) groups excluding carboxylic acids is 1. The van der Waals surface area contributed by atoms with E-state index >= 15 is 0 Å². The van der Waals surface area contributed by atoms with Gasteiger partial charge < -0.3 is 29.4 Å². The summed E-state index contributed by atoms with van der Waals surface area (Å²) in [6, 6.07) is 14.8. The van der Waals surface area contributed by atoms with Gasteiger partial charge in [-0.3, -0.25) is 0 Å². The SMILES string of the molecule is COc1ccc(S(=O)(=O)N(CC(C)C)CC(O)C(Cc2ccccc2)NC(=O)OC2C3CC4C(O3)OC43CCC23)cc1. The molecule has 2 aromatic rings. The Kier molecular flexibility index (Phi) is 7.99. The highest BCUT2D eigenvalue weighted by molar-refractivity contribution is 7.89. The molecule has 8 unspecified atom stereocenters. The van der Waals surface area contributed by atoms with E-state index < -0.39 is 34.4 Å². The van der Waals surface area contributed by atoms with Gasteiger partial charge in [0, 0.05) is 24.9 Å². The van der Waals surface area contributed by atoms with Crippen molar-refractivity contribution in [2.24, 2.45) is 17.8 Å². The Bertz CT molecular complexity index is 1370. The monoisotopic (exact) mass is 600 g/mol. The molecule has 11 heteroatoms. The lowest BCUT2D eigenvalue weighted by Crippen LogP contribution is -2.71. The number of amides is 1. The number of aliphatic hydroxyl groups is 1. The summed E-state index contributed by atoms with van der Waals surface area (Å²) in [4.78, 5) is 13.4. The molecule has 6 rings (SSSR count). The Hall–Kier alpha value is -2.70. The lowest BCUT2D eigenvalue weighted by Gasteiger charge is -2.63. The molecular formula is C31H40N2O8S. The Labute approximate surface area is 247 Å². The van der Waals surface area contributed by atoms with Gasteiger partial charge in [0.05, 0.1) is 35.9 Å². The molecular weight excluding hydrogens is 560 g/mol. The van der Waals surface area contributed by atoms with Crippen molar-refractivity contribution >= 4 is 16.1 Å². The van der Waals surface area contributed by atoms with Crippen LogP contribution >= 0.6 is 0 Å². The van der Waals surface area contributed by atoms with E-state index in [2.05, 4.69) is 5.32 Å². The molecule has 2 aliphatic carbocycles. The first-order valence-corrected chi connectivity index (χ1v) is 16.2. The molecule has 4 fully saturated rings. The highest BCUT2D eigenvalue weighted by atomic mass is 32.2. The molecule has 42 heavy (non-hydrogen) atoms. The van der Waals surface area contributed by atoms with E-state index in [0.29, 0.717) is 18.1 Å². The minimum Gasteiger partial charge on any atom is -0.497 e. The fourth-order valence-corrected chi connectivity index (χ4v) is 8.72. The van der Waals surface area contributed by atoms with Gasteiger partial charge in [0.25, 0.3) is 0 Å². The van der Waals surface area contributed by atoms with E-state index in [1.54, 1.807) is 12.1 Å². The van der Waals surface area contributed by atoms with Crippen molar-refractivity contribution in [3.8, 4) is 5.75 Å². The molecule has 228 valence electrons. The molecule has 4 aliphatic rings. The van der Waals surface area contributed by atoms with Crippen LogP contribution in [0, 0.1) is 17.8 Å². The summed E-state index contributed by atoms with van der Waals surface area (Å²) in [5.74, 6) is 1.04. The van der Waals surface area contributed by atoms with Crippen molar-refractivity contribution in [3.05, 3.63) is 60.2 Å². The zero-order valence-corrected chi connectivity index (χ0v) is 25.0. The molecule has 0 radical (unpaired) electrons. The van der Waals surface area contributed by atoms with Gasteiger partial charge in [-0.25, -0.2) is 13.2 Å². The summed E-state index contributed by atoms with van der Waals surface area (Å²) < 4.78 is 51.9. The normalized spacial score (nSPS) is 30.6. The molecule has 2 aromatic carbocycles. The predicted octanol–water partition coefficient (Wildman–Crippen LogP) is 3.33. The average Bonchev–Trinajstić information content (AvgIpc) is 3.21. The first kappa shape index (κ1) is 29.4. The zero-order valence-electron chi connectivity index (χ0n) is 24.2. The minimum absolute atomic E-state index is 0.000488. The first-order chi connectivity index (χ1) is 20.1. The van der Waals surface area contributed by atoms with E-state index in [4.69, 9.17) is 18.9 Å². The van der Waals surface area contributed by atoms with E-state index in [-0.39, 0.29) is 47.8 Å². The first-order valence-electron chi connectivity index (χ1n) is 14.8. The van der Waals surface area contributed by atoms with Crippen LogP contribution in [0.4, 0.5) is 4.79 Å². The van der Waals surface area contributed by atoms with Crippen LogP contribution in [0.5, 0.6) is 5.75 Å². The fourth-order valence-electron chi connectivity index (χ4n) is 7.10. The second-order valence-electron chi connectivity index (χ2n) is 12.4. The number of carbonyl (C=O) groups is 1. The number of methoxy groups -OCH3 is 1. The highest BCUT2D eigenvalue weighted by Gasteiger charge is 2.75. The van der Waals surface area contributed by atoms with Crippen LogP contribution < -0.4 is 10.1 Å². The molecule has 2 saturated carbocycles. The number of aliphatic hydroxyl groups excluding tert-OH is 1. The number of ether oxygens (including phenoxy) is 4. The Morgan fingerprint density at radius 2 is 1.86 bits per heavy atom. The van der Waals surface area contributed by atoms with E-state index in [0.717, 1.165) is 24.8 Å². The standard InChI is InChI=1S/C31H40N2O8S/c1-19(2)17-33(42(36,37)22-11-9-21(38-3)10-12-22)18-26(34)25(15-20-7-5-4-6-8-20)32-30(35)40-28-23-13-14-31(23)24-16-27(28)39-29(24)41-31/h4-12,19,23-29,34H,13-18H2,1-3H3,(H,32,35). The van der Waals surface area contributed by atoms with Crippen molar-refractivity contribution < 1.29 is 37.3 Å². The van der Waals surface area contributed by atoms with Crippen molar-refractivity contribution in [2.75, 3.05) is 20.2 Å². The number of nitrogens with one attached hydrogen (secondary N) is 1. The Morgan fingerprint density at radius 1 is 1.12 bits per heavy atom. The van der Waals surface area contributed by atoms with Crippen molar-refractivity contribution in [1.29, 1.82) is 0 Å². The maximum absolute atomic E-state index is 13.7. The fraction of sp³-hybridized carbons (Fsp3) is 0.581. The topological polar surface area (TPSA) is 124 Å². The van der Waals surface area contributed by atoms with E-state index in [1.807, 2.05) is 44.2 Å². The summed E-state index contributed by atoms with van der Waals surface area (Å²) in [5.41, 5.74) is 0.667. The molecule has 2 heterocycles. The predicted molar refractivity (Wildman–Crippen MR) is 153 cm³/mol. The van der Waals surface area contributed by atoms with Crippen molar-refractivity contribution in [1.82, 2.24) is 9.62 Å². The second-order valence-corrected chi connectivity index (χ2v) is 14.3. The van der Waals surface area contributed by atoms with Gasteiger partial charge in [-0.1, -0.05) is 44.2 Å². The number of fused-ring (bicyclic) bond motifs is 1. The summed E-state index contributed by atoms with van der Waals surface area (Å²) in [6.45, 7) is 3.83. The third-order valence-corrected chi connectivity index (χ3v) is 11.1. The van der Waals surface area contributed by atoms with E-state index in [9.17, 15) is 18.3 Å². The van der Waals surface area contributed by atoms with Crippen LogP contribution in [0.15, 0.2) is 59.5 Å². The number of hydrogen-bond donors (Lipinski definition) is 2. The molecule has 2 bridgehead atoms. The molecule has 8 atom stereocenters. The molecule has 0 aromatic heterocycles. The molecule has 1 spiro atoms. The van der Waals surface area contributed by atoms with Gasteiger partial charge in [0.1, 0.15) is 11.9 Å². The molecule has 2 N–H and O–H groups in total. The number of sulfonamides is 1. The van der Waals surface area contributed by atoms with Gasteiger partial charge >= 0.3 is 6.09 Å².